The minimum atomic E-state index is 0.392. The number of aromatic nitrogens is 3. The van der Waals surface area contributed by atoms with Gasteiger partial charge in [0.05, 0.1) is 5.39 Å². The monoisotopic (exact) mass is 272 g/mol. The van der Waals surface area contributed by atoms with Crippen molar-refractivity contribution in [2.75, 3.05) is 30.8 Å². The average Bonchev–Trinajstić information content (AvgIpc) is 2.89. The van der Waals surface area contributed by atoms with Gasteiger partial charge >= 0.3 is 0 Å². The maximum absolute atomic E-state index is 4.57. The number of aryl methyl sites for hydroxylation is 2. The summed E-state index contributed by atoms with van der Waals surface area (Å²) in [5.41, 5.74) is 2.87. The van der Waals surface area contributed by atoms with E-state index >= 15 is 0 Å². The third-order valence-electron chi connectivity index (χ3n) is 3.62. The molecule has 2 aromatic heterocycles. The highest BCUT2D eigenvalue weighted by atomic mass is 15.2. The topological polar surface area (TPSA) is 74.8 Å². The molecule has 2 aromatic rings. The molecule has 1 atom stereocenters. The maximum atomic E-state index is 4.57. The fraction of sp³-hybridized carbons (Fsp3) is 0.500. The maximum Gasteiger partial charge on any atom is 0.226 e. The van der Waals surface area contributed by atoms with Gasteiger partial charge in [-0.25, -0.2) is 4.98 Å². The molecule has 1 fully saturated rings. The van der Waals surface area contributed by atoms with Gasteiger partial charge in [0.25, 0.3) is 0 Å². The van der Waals surface area contributed by atoms with Gasteiger partial charge in [0.15, 0.2) is 5.65 Å². The van der Waals surface area contributed by atoms with Crippen LogP contribution >= 0.6 is 0 Å². The molecule has 3 N–H and O–H groups in total. The summed E-state index contributed by atoms with van der Waals surface area (Å²) in [5, 5.41) is 10.9. The molecule has 106 valence electrons. The second kappa shape index (κ2) is 5.20. The lowest BCUT2D eigenvalue weighted by Crippen LogP contribution is -2.23. The number of hydrogen-bond acceptors (Lipinski definition) is 6. The van der Waals surface area contributed by atoms with Gasteiger partial charge in [0, 0.05) is 25.3 Å². The predicted octanol–water partition coefficient (Wildman–Crippen LogP) is 1.46. The van der Waals surface area contributed by atoms with Crippen LogP contribution in [0.15, 0.2) is 6.07 Å². The van der Waals surface area contributed by atoms with Crippen molar-refractivity contribution in [2.45, 2.75) is 26.3 Å². The molecule has 0 saturated carbocycles. The average molecular weight is 272 g/mol. The Balaban J connectivity index is 2.05. The van der Waals surface area contributed by atoms with Crippen molar-refractivity contribution in [3.8, 4) is 0 Å². The predicted molar refractivity (Wildman–Crippen MR) is 81.3 cm³/mol. The largest absolute Gasteiger partial charge is 0.372 e. The Bertz CT molecular complexity index is 633. The third-order valence-corrected chi connectivity index (χ3v) is 3.62. The van der Waals surface area contributed by atoms with Crippen LogP contribution in [0.4, 0.5) is 11.8 Å². The van der Waals surface area contributed by atoms with E-state index in [4.69, 9.17) is 0 Å². The Hall–Kier alpha value is -1.95. The number of nitrogens with one attached hydrogen (secondary N) is 3. The smallest absolute Gasteiger partial charge is 0.226 e. The quantitative estimate of drug-likeness (QED) is 0.785. The Labute approximate surface area is 118 Å². The molecule has 6 heteroatoms. The van der Waals surface area contributed by atoms with Crippen molar-refractivity contribution in [3.63, 3.8) is 0 Å². The number of hydrogen-bond donors (Lipinski definition) is 3. The molecule has 6 nitrogen and oxygen atoms in total. The molecule has 0 bridgehead atoms. The molecule has 1 unspecified atom stereocenters. The molecule has 20 heavy (non-hydrogen) atoms. The number of nitrogens with zero attached hydrogens (tertiary/aromatic N) is 3. The third kappa shape index (κ3) is 2.38. The van der Waals surface area contributed by atoms with Crippen LogP contribution in [-0.4, -0.2) is 41.1 Å². The van der Waals surface area contributed by atoms with E-state index in [0.717, 1.165) is 47.6 Å². The summed E-state index contributed by atoms with van der Waals surface area (Å²) in [6.45, 7) is 6.05. The van der Waals surface area contributed by atoms with E-state index in [1.54, 1.807) is 0 Å². The van der Waals surface area contributed by atoms with E-state index in [1.165, 1.54) is 0 Å². The minimum Gasteiger partial charge on any atom is -0.372 e. The fourth-order valence-corrected chi connectivity index (χ4v) is 2.68. The van der Waals surface area contributed by atoms with Crippen molar-refractivity contribution in [3.05, 3.63) is 17.3 Å². The molecule has 0 radical (unpaired) electrons. The second-order valence-corrected chi connectivity index (χ2v) is 5.26. The molecular formula is C14H20N6. The van der Waals surface area contributed by atoms with Crippen molar-refractivity contribution in [2.24, 2.45) is 0 Å². The summed E-state index contributed by atoms with van der Waals surface area (Å²) >= 11 is 0. The van der Waals surface area contributed by atoms with Crippen molar-refractivity contribution in [1.82, 2.24) is 20.3 Å². The van der Waals surface area contributed by atoms with Crippen LogP contribution in [0.25, 0.3) is 11.0 Å². The van der Waals surface area contributed by atoms with Gasteiger partial charge in [-0.15, -0.1) is 0 Å². The van der Waals surface area contributed by atoms with Crippen molar-refractivity contribution >= 4 is 22.8 Å². The van der Waals surface area contributed by atoms with Gasteiger partial charge in [-0.2, -0.15) is 9.97 Å². The number of rotatable bonds is 3. The highest BCUT2D eigenvalue weighted by Gasteiger charge is 2.17. The molecule has 3 heterocycles. The first-order valence-corrected chi connectivity index (χ1v) is 6.98. The summed E-state index contributed by atoms with van der Waals surface area (Å²) in [6, 6.07) is 2.45. The van der Waals surface area contributed by atoms with E-state index in [-0.39, 0.29) is 0 Å². The lowest BCUT2D eigenvalue weighted by Gasteiger charge is -2.14. The van der Waals surface area contributed by atoms with Crippen LogP contribution in [0.5, 0.6) is 0 Å². The van der Waals surface area contributed by atoms with Gasteiger partial charge in [0.2, 0.25) is 5.95 Å². The van der Waals surface area contributed by atoms with Gasteiger partial charge in [-0.3, -0.25) is 0 Å². The first kappa shape index (κ1) is 13.1. The zero-order valence-electron chi connectivity index (χ0n) is 12.1. The van der Waals surface area contributed by atoms with Crippen LogP contribution in [0, 0.1) is 13.8 Å². The SMILES string of the molecule is CNc1nc(NC2CCNC2)nc2nc(C)cc(C)c12. The van der Waals surface area contributed by atoms with Gasteiger partial charge in [-0.05, 0) is 38.4 Å². The van der Waals surface area contributed by atoms with Crippen molar-refractivity contribution in [1.29, 1.82) is 0 Å². The fourth-order valence-electron chi connectivity index (χ4n) is 2.68. The highest BCUT2D eigenvalue weighted by molar-refractivity contribution is 5.90. The summed E-state index contributed by atoms with van der Waals surface area (Å²) in [6.07, 6.45) is 1.09. The van der Waals surface area contributed by atoms with Crippen LogP contribution in [0.1, 0.15) is 17.7 Å². The number of anilines is 2. The molecular weight excluding hydrogens is 252 g/mol. The lowest BCUT2D eigenvalue weighted by atomic mass is 10.1. The second-order valence-electron chi connectivity index (χ2n) is 5.26. The zero-order chi connectivity index (χ0) is 14.1. The van der Waals surface area contributed by atoms with E-state index in [1.807, 2.05) is 14.0 Å². The Morgan fingerprint density at radius 2 is 2.10 bits per heavy atom. The Morgan fingerprint density at radius 1 is 1.25 bits per heavy atom. The van der Waals surface area contributed by atoms with Gasteiger partial charge in [0.1, 0.15) is 5.82 Å². The Kier molecular flexibility index (Phi) is 3.40. The normalized spacial score (nSPS) is 18.4. The van der Waals surface area contributed by atoms with Crippen LogP contribution < -0.4 is 16.0 Å². The zero-order valence-corrected chi connectivity index (χ0v) is 12.1. The van der Waals surface area contributed by atoms with Crippen LogP contribution in [0.2, 0.25) is 0 Å². The molecule has 1 aliphatic rings. The minimum absolute atomic E-state index is 0.392. The number of pyridine rings is 1. The molecule has 1 saturated heterocycles. The summed E-state index contributed by atoms with van der Waals surface area (Å²) in [7, 11) is 1.88. The molecule has 3 rings (SSSR count). The van der Waals surface area contributed by atoms with Crippen LogP contribution in [-0.2, 0) is 0 Å². The first-order chi connectivity index (χ1) is 9.67. The van der Waals surface area contributed by atoms with E-state index in [0.29, 0.717) is 12.0 Å². The van der Waals surface area contributed by atoms with E-state index in [9.17, 15) is 0 Å². The van der Waals surface area contributed by atoms with E-state index in [2.05, 4.69) is 43.9 Å². The van der Waals surface area contributed by atoms with E-state index < -0.39 is 0 Å². The number of fused-ring (bicyclic) bond motifs is 1. The summed E-state index contributed by atoms with van der Waals surface area (Å²) in [4.78, 5) is 13.7. The standard InChI is InChI=1S/C14H20N6/c1-8-6-9(2)17-13-11(8)12(15-3)19-14(20-13)18-10-4-5-16-7-10/h6,10,16H,4-5,7H2,1-3H3,(H2,15,17,18,19,20). The highest BCUT2D eigenvalue weighted by Crippen LogP contribution is 2.25. The molecule has 1 aliphatic heterocycles. The Morgan fingerprint density at radius 3 is 2.80 bits per heavy atom. The van der Waals surface area contributed by atoms with Gasteiger partial charge < -0.3 is 16.0 Å². The molecule has 0 aromatic carbocycles. The van der Waals surface area contributed by atoms with Crippen molar-refractivity contribution < 1.29 is 0 Å². The first-order valence-electron chi connectivity index (χ1n) is 6.98. The summed E-state index contributed by atoms with van der Waals surface area (Å²) in [5.74, 6) is 1.47. The van der Waals surface area contributed by atoms with Gasteiger partial charge in [-0.1, -0.05) is 0 Å². The summed E-state index contributed by atoms with van der Waals surface area (Å²) < 4.78 is 0. The van der Waals surface area contributed by atoms with Crippen LogP contribution in [0.3, 0.4) is 0 Å². The lowest BCUT2D eigenvalue weighted by molar-refractivity contribution is 0.782. The molecule has 0 amide bonds. The molecule has 0 aliphatic carbocycles. The molecule has 0 spiro atoms.